The Kier molecular flexibility index (Phi) is 2.26. The Bertz CT molecular complexity index is 668. The molecule has 1 saturated carbocycles. The number of likely N-dealkylation sites (tertiary alicyclic amines) is 1. The molecule has 0 atom stereocenters. The zero-order valence-corrected chi connectivity index (χ0v) is 12.0. The molecule has 2 aromatic carbocycles. The Morgan fingerprint density at radius 1 is 0.857 bits per heavy atom. The molecule has 1 N–H and O–H groups in total. The van der Waals surface area contributed by atoms with Crippen molar-refractivity contribution < 1.29 is 5.11 Å². The van der Waals surface area contributed by atoms with Crippen molar-refractivity contribution >= 4 is 0 Å². The summed E-state index contributed by atoms with van der Waals surface area (Å²) in [5.74, 6) is 0.556. The van der Waals surface area contributed by atoms with Crippen molar-refractivity contribution in [2.75, 3.05) is 13.1 Å². The largest absolute Gasteiger partial charge is 0.387 e. The van der Waals surface area contributed by atoms with Crippen molar-refractivity contribution in [1.82, 2.24) is 4.90 Å². The minimum Gasteiger partial charge on any atom is -0.387 e. The van der Waals surface area contributed by atoms with Crippen LogP contribution in [0.1, 0.15) is 30.0 Å². The summed E-state index contributed by atoms with van der Waals surface area (Å²) in [5.41, 5.74) is 5.11. The Balaban J connectivity index is 1.55. The van der Waals surface area contributed by atoms with Crippen molar-refractivity contribution in [2.24, 2.45) is 5.92 Å². The third-order valence-electron chi connectivity index (χ3n) is 5.46. The molecule has 1 saturated heterocycles. The number of benzene rings is 2. The van der Waals surface area contributed by atoms with Crippen molar-refractivity contribution in [3.63, 3.8) is 0 Å². The van der Waals surface area contributed by atoms with Crippen molar-refractivity contribution in [3.05, 3.63) is 59.7 Å². The van der Waals surface area contributed by atoms with Gasteiger partial charge in [0.05, 0.1) is 11.6 Å². The van der Waals surface area contributed by atoms with Crippen LogP contribution in [-0.2, 0) is 0 Å². The van der Waals surface area contributed by atoms with Crippen molar-refractivity contribution in [2.45, 2.75) is 24.5 Å². The molecule has 0 bridgehead atoms. The van der Waals surface area contributed by atoms with Crippen LogP contribution >= 0.6 is 0 Å². The van der Waals surface area contributed by atoms with E-state index in [1.165, 1.54) is 35.1 Å². The van der Waals surface area contributed by atoms with E-state index in [1.54, 1.807) is 0 Å². The highest BCUT2D eigenvalue weighted by molar-refractivity contribution is 5.78. The van der Waals surface area contributed by atoms with Gasteiger partial charge < -0.3 is 5.11 Å². The van der Waals surface area contributed by atoms with Crippen LogP contribution in [0.2, 0.25) is 0 Å². The number of rotatable bonds is 2. The second-order valence-electron chi connectivity index (χ2n) is 6.86. The smallest absolute Gasteiger partial charge is 0.0928 e. The highest BCUT2D eigenvalue weighted by atomic mass is 16.3. The lowest BCUT2D eigenvalue weighted by Gasteiger charge is -2.50. The quantitative estimate of drug-likeness (QED) is 0.911. The molecule has 0 spiro atoms. The van der Waals surface area contributed by atoms with Crippen LogP contribution in [0.5, 0.6) is 0 Å². The third kappa shape index (κ3) is 1.60. The average Bonchev–Trinajstić information content (AvgIpc) is 3.28. The predicted octanol–water partition coefficient (Wildman–Crippen LogP) is 3.21. The number of aliphatic hydroxyl groups is 1. The van der Waals surface area contributed by atoms with Crippen LogP contribution in [0, 0.1) is 5.92 Å². The monoisotopic (exact) mass is 277 g/mol. The van der Waals surface area contributed by atoms with Crippen molar-refractivity contribution in [3.8, 4) is 11.1 Å². The van der Waals surface area contributed by atoms with Crippen LogP contribution in [-0.4, -0.2) is 28.7 Å². The van der Waals surface area contributed by atoms with E-state index < -0.39 is 5.60 Å². The first kappa shape index (κ1) is 12.0. The molecule has 21 heavy (non-hydrogen) atoms. The number of β-amino-alcohol motifs (C(OH)–C–C–N with tert-alkyl or cyclic N) is 1. The van der Waals surface area contributed by atoms with E-state index >= 15 is 0 Å². The highest BCUT2D eigenvalue weighted by Crippen LogP contribution is 2.52. The van der Waals surface area contributed by atoms with Gasteiger partial charge in [0.2, 0.25) is 0 Å². The Morgan fingerprint density at radius 3 is 1.90 bits per heavy atom. The maximum atomic E-state index is 10.6. The van der Waals surface area contributed by atoms with Crippen LogP contribution < -0.4 is 0 Å². The molecule has 0 unspecified atom stereocenters. The van der Waals surface area contributed by atoms with Crippen LogP contribution in [0.25, 0.3) is 11.1 Å². The summed E-state index contributed by atoms with van der Waals surface area (Å²) in [7, 11) is 0. The third-order valence-corrected chi connectivity index (χ3v) is 5.46. The van der Waals surface area contributed by atoms with Gasteiger partial charge in [0.1, 0.15) is 0 Å². The first-order valence-corrected chi connectivity index (χ1v) is 7.91. The number of fused-ring (bicyclic) bond motifs is 3. The van der Waals surface area contributed by atoms with Gasteiger partial charge in [0.25, 0.3) is 0 Å². The molecule has 2 aliphatic carbocycles. The molecule has 2 aromatic rings. The minimum absolute atomic E-state index is 0.330. The highest BCUT2D eigenvalue weighted by Gasteiger charge is 2.54. The van der Waals surface area contributed by atoms with Crippen LogP contribution in [0.4, 0.5) is 0 Å². The second-order valence-corrected chi connectivity index (χ2v) is 6.86. The average molecular weight is 277 g/mol. The summed E-state index contributed by atoms with van der Waals surface area (Å²) >= 11 is 0. The summed E-state index contributed by atoms with van der Waals surface area (Å²) in [5, 5.41) is 10.6. The first-order chi connectivity index (χ1) is 10.3. The fourth-order valence-electron chi connectivity index (χ4n) is 4.24. The zero-order valence-electron chi connectivity index (χ0n) is 12.0. The topological polar surface area (TPSA) is 23.5 Å². The molecule has 2 fully saturated rings. The molecule has 0 aromatic heterocycles. The molecule has 1 heterocycles. The lowest BCUT2D eigenvalue weighted by Crippen LogP contribution is -2.63. The first-order valence-electron chi connectivity index (χ1n) is 7.91. The summed E-state index contributed by atoms with van der Waals surface area (Å²) in [6.07, 6.45) is 2.42. The van der Waals surface area contributed by atoms with Gasteiger partial charge in [-0.15, -0.1) is 0 Å². The SMILES string of the molecule is OC1(C2CC2)CN(C2c3ccccc3-c3ccccc32)C1. The van der Waals surface area contributed by atoms with Gasteiger partial charge in [0, 0.05) is 13.1 Å². The van der Waals surface area contributed by atoms with E-state index in [0.29, 0.717) is 12.0 Å². The van der Waals surface area contributed by atoms with E-state index in [-0.39, 0.29) is 0 Å². The Morgan fingerprint density at radius 2 is 1.38 bits per heavy atom. The predicted molar refractivity (Wildman–Crippen MR) is 83.0 cm³/mol. The summed E-state index contributed by atoms with van der Waals surface area (Å²) < 4.78 is 0. The second kappa shape index (κ2) is 3.96. The van der Waals surface area contributed by atoms with Crippen LogP contribution in [0.3, 0.4) is 0 Å². The Labute approximate surface area is 125 Å². The zero-order chi connectivity index (χ0) is 14.0. The van der Waals surface area contributed by atoms with Gasteiger partial charge in [0.15, 0.2) is 0 Å². The van der Waals surface area contributed by atoms with E-state index in [1.807, 2.05) is 0 Å². The van der Waals surface area contributed by atoms with Gasteiger partial charge in [-0.05, 0) is 41.0 Å². The van der Waals surface area contributed by atoms with Crippen molar-refractivity contribution in [1.29, 1.82) is 0 Å². The summed E-state index contributed by atoms with van der Waals surface area (Å²) in [6.45, 7) is 1.65. The van der Waals surface area contributed by atoms with Crippen LogP contribution in [0.15, 0.2) is 48.5 Å². The molecule has 2 nitrogen and oxygen atoms in total. The Hall–Kier alpha value is -1.64. The van der Waals surface area contributed by atoms with Gasteiger partial charge >= 0.3 is 0 Å². The minimum atomic E-state index is -0.410. The molecule has 0 radical (unpaired) electrons. The molecule has 2 heteroatoms. The standard InChI is InChI=1S/C19H19NO/c21-19(13-9-10-13)11-20(12-19)18-16-7-3-1-5-14(16)15-6-2-4-8-17(15)18/h1-8,13,18,21H,9-12H2. The maximum absolute atomic E-state index is 10.6. The molecular formula is C19H19NO. The summed E-state index contributed by atoms with van der Waals surface area (Å²) in [6, 6.07) is 17.8. The molecule has 5 rings (SSSR count). The van der Waals surface area contributed by atoms with Gasteiger partial charge in [-0.2, -0.15) is 0 Å². The lowest BCUT2D eigenvalue weighted by molar-refractivity contribution is -0.124. The molecular weight excluding hydrogens is 258 g/mol. The molecule has 0 amide bonds. The fraction of sp³-hybridized carbons (Fsp3) is 0.368. The number of hydrogen-bond donors (Lipinski definition) is 1. The van der Waals surface area contributed by atoms with E-state index in [0.717, 1.165) is 13.1 Å². The number of nitrogens with zero attached hydrogens (tertiary/aromatic N) is 1. The van der Waals surface area contributed by atoms with E-state index in [9.17, 15) is 5.11 Å². The maximum Gasteiger partial charge on any atom is 0.0928 e. The van der Waals surface area contributed by atoms with Gasteiger partial charge in [-0.1, -0.05) is 48.5 Å². The van der Waals surface area contributed by atoms with E-state index in [4.69, 9.17) is 0 Å². The number of hydrogen-bond acceptors (Lipinski definition) is 2. The molecule has 106 valence electrons. The molecule has 1 aliphatic heterocycles. The van der Waals surface area contributed by atoms with Gasteiger partial charge in [-0.25, -0.2) is 0 Å². The lowest BCUT2D eigenvalue weighted by atomic mass is 9.85. The normalized spacial score (nSPS) is 23.5. The molecule has 3 aliphatic rings. The fourth-order valence-corrected chi connectivity index (χ4v) is 4.24. The van der Waals surface area contributed by atoms with Gasteiger partial charge in [-0.3, -0.25) is 4.90 Å². The van der Waals surface area contributed by atoms with E-state index in [2.05, 4.69) is 53.4 Å². The summed E-state index contributed by atoms with van der Waals surface area (Å²) in [4.78, 5) is 2.45.